The third kappa shape index (κ3) is 3.59. The van der Waals surface area contributed by atoms with E-state index in [9.17, 15) is 13.2 Å². The molecule has 0 radical (unpaired) electrons. The molecule has 0 saturated heterocycles. The highest BCUT2D eigenvalue weighted by atomic mass is 35.5. The highest BCUT2D eigenvalue weighted by Gasteiger charge is 2.23. The van der Waals surface area contributed by atoms with Crippen molar-refractivity contribution >= 4 is 61.8 Å². The molecule has 11 heteroatoms. The summed E-state index contributed by atoms with van der Waals surface area (Å²) in [5.74, 6) is -0.661. The number of pyridine rings is 1. The van der Waals surface area contributed by atoms with Gasteiger partial charge in [0.2, 0.25) is 15.0 Å². The van der Waals surface area contributed by atoms with Gasteiger partial charge in [0.1, 0.15) is 0 Å². The van der Waals surface area contributed by atoms with Gasteiger partial charge < -0.3 is 0 Å². The highest BCUT2D eigenvalue weighted by Crippen LogP contribution is 2.33. The van der Waals surface area contributed by atoms with Crippen LogP contribution in [0.25, 0.3) is 5.52 Å². The fourth-order valence-electron chi connectivity index (χ4n) is 2.28. The molecular formula is C15H11Cl3N4O3S. The lowest BCUT2D eigenvalue weighted by Crippen LogP contribution is -2.30. The maximum Gasteiger partial charge on any atom is 0.290 e. The van der Waals surface area contributed by atoms with E-state index in [-0.39, 0.29) is 26.6 Å². The number of amides is 1. The smallest absolute Gasteiger partial charge is 0.290 e. The van der Waals surface area contributed by atoms with Crippen molar-refractivity contribution in [2.75, 3.05) is 11.7 Å². The minimum absolute atomic E-state index is 0.0697. The lowest BCUT2D eigenvalue weighted by atomic mass is 10.3. The van der Waals surface area contributed by atoms with Crippen LogP contribution < -0.4 is 10.9 Å². The number of sulfone groups is 1. The number of hydrogen-bond donors (Lipinski definition) is 2. The lowest BCUT2D eigenvalue weighted by Gasteiger charge is -2.11. The molecule has 0 aliphatic heterocycles. The number of fused-ring (bicyclic) bond motifs is 1. The van der Waals surface area contributed by atoms with Gasteiger partial charge in [-0.15, -0.1) is 0 Å². The van der Waals surface area contributed by atoms with Gasteiger partial charge in [0.05, 0.1) is 21.2 Å². The van der Waals surface area contributed by atoms with Gasteiger partial charge in [-0.1, -0.05) is 40.9 Å². The summed E-state index contributed by atoms with van der Waals surface area (Å²) in [7, 11) is -3.63. The second kappa shape index (κ2) is 6.96. The standard InChI is InChI=1S/C15H11Cl3N4O3S/c1-26(24,25)15-19-13(11-4-2-3-5-22(11)15)14(23)21-20-12-9(17)6-8(16)7-10(12)18/h2-7,20H,1H3,(H,21,23). The zero-order chi connectivity index (χ0) is 19.1. The topological polar surface area (TPSA) is 92.6 Å². The maximum absolute atomic E-state index is 12.5. The lowest BCUT2D eigenvalue weighted by molar-refractivity contribution is 0.0959. The number of nitrogens with one attached hydrogen (secondary N) is 2. The first-order valence-electron chi connectivity index (χ1n) is 7.06. The van der Waals surface area contributed by atoms with E-state index < -0.39 is 15.7 Å². The second-order valence-electron chi connectivity index (χ2n) is 5.29. The number of hydrazine groups is 1. The fourth-order valence-corrected chi connectivity index (χ4v) is 3.96. The summed E-state index contributed by atoms with van der Waals surface area (Å²) in [5.41, 5.74) is 5.51. The minimum Gasteiger partial charge on any atom is -0.295 e. The van der Waals surface area contributed by atoms with Crippen molar-refractivity contribution in [2.24, 2.45) is 0 Å². The normalized spacial score (nSPS) is 11.5. The maximum atomic E-state index is 12.5. The number of halogens is 3. The van der Waals surface area contributed by atoms with Gasteiger partial charge in [0.25, 0.3) is 5.91 Å². The number of imidazole rings is 1. The molecule has 0 unspecified atom stereocenters. The first kappa shape index (κ1) is 18.8. The van der Waals surface area contributed by atoms with E-state index >= 15 is 0 Å². The number of rotatable bonds is 4. The zero-order valence-corrected chi connectivity index (χ0v) is 16.2. The molecule has 7 nitrogen and oxygen atoms in total. The van der Waals surface area contributed by atoms with E-state index in [2.05, 4.69) is 15.8 Å². The van der Waals surface area contributed by atoms with Crippen molar-refractivity contribution in [3.63, 3.8) is 0 Å². The highest BCUT2D eigenvalue weighted by molar-refractivity contribution is 7.90. The Morgan fingerprint density at radius 1 is 1.15 bits per heavy atom. The molecule has 3 rings (SSSR count). The van der Waals surface area contributed by atoms with E-state index in [0.717, 1.165) is 6.26 Å². The first-order valence-corrected chi connectivity index (χ1v) is 10.1. The van der Waals surface area contributed by atoms with Crippen LogP contribution in [0.5, 0.6) is 0 Å². The largest absolute Gasteiger partial charge is 0.295 e. The molecule has 0 fully saturated rings. The Hall–Kier alpha value is -2.00. The predicted molar refractivity (Wildman–Crippen MR) is 101 cm³/mol. The molecule has 0 bridgehead atoms. The van der Waals surface area contributed by atoms with Crippen LogP contribution in [0.4, 0.5) is 5.69 Å². The molecule has 0 saturated carbocycles. The Bertz CT molecular complexity index is 1110. The van der Waals surface area contributed by atoms with Crippen molar-refractivity contribution in [3.8, 4) is 0 Å². The summed E-state index contributed by atoms with van der Waals surface area (Å²) in [6.45, 7) is 0. The molecule has 1 aromatic carbocycles. The number of nitrogens with zero attached hydrogens (tertiary/aromatic N) is 2. The molecule has 3 aromatic rings. The third-order valence-electron chi connectivity index (χ3n) is 3.37. The van der Waals surface area contributed by atoms with Crippen LogP contribution in [0.3, 0.4) is 0 Å². The Kier molecular flexibility index (Phi) is 5.03. The molecular weight excluding hydrogens is 423 g/mol. The van der Waals surface area contributed by atoms with Crippen LogP contribution in [-0.4, -0.2) is 30.0 Å². The van der Waals surface area contributed by atoms with Crippen molar-refractivity contribution < 1.29 is 13.2 Å². The molecule has 1 amide bonds. The van der Waals surface area contributed by atoms with Crippen LogP contribution in [-0.2, 0) is 9.84 Å². The zero-order valence-electron chi connectivity index (χ0n) is 13.1. The quantitative estimate of drug-likeness (QED) is 0.615. The number of aromatic nitrogens is 2. The number of benzene rings is 1. The van der Waals surface area contributed by atoms with Crippen molar-refractivity contribution in [2.45, 2.75) is 5.16 Å². The van der Waals surface area contributed by atoms with Crippen molar-refractivity contribution in [3.05, 3.63) is 57.3 Å². The first-order chi connectivity index (χ1) is 12.2. The van der Waals surface area contributed by atoms with E-state index in [1.54, 1.807) is 18.2 Å². The summed E-state index contributed by atoms with van der Waals surface area (Å²) >= 11 is 17.9. The molecule has 136 valence electrons. The average Bonchev–Trinajstić information content (AvgIpc) is 2.93. The predicted octanol–water partition coefficient (Wildman–Crippen LogP) is 3.45. The van der Waals surface area contributed by atoms with Crippen LogP contribution in [0.1, 0.15) is 10.5 Å². The van der Waals surface area contributed by atoms with Gasteiger partial charge in [-0.2, -0.15) is 0 Å². The Balaban J connectivity index is 1.95. The molecule has 2 N–H and O–H groups in total. The van der Waals surface area contributed by atoms with E-state index in [1.807, 2.05) is 0 Å². The van der Waals surface area contributed by atoms with Gasteiger partial charge in [0.15, 0.2) is 5.69 Å². The molecule has 0 atom stereocenters. The SMILES string of the molecule is CS(=O)(=O)c1nc(C(=O)NNc2c(Cl)cc(Cl)cc2Cl)c2ccccn12. The molecule has 0 aliphatic rings. The monoisotopic (exact) mass is 432 g/mol. The second-order valence-corrected chi connectivity index (χ2v) is 8.45. The fraction of sp³-hybridized carbons (Fsp3) is 0.0667. The van der Waals surface area contributed by atoms with Crippen molar-refractivity contribution in [1.29, 1.82) is 0 Å². The molecule has 2 aromatic heterocycles. The van der Waals surface area contributed by atoms with E-state index in [4.69, 9.17) is 34.8 Å². The molecule has 26 heavy (non-hydrogen) atoms. The molecule has 0 spiro atoms. The Labute approximate surface area is 163 Å². The summed E-state index contributed by atoms with van der Waals surface area (Å²) in [5, 5.41) is 0.513. The minimum atomic E-state index is -3.63. The average molecular weight is 434 g/mol. The van der Waals surface area contributed by atoms with Gasteiger partial charge in [-0.05, 0) is 24.3 Å². The third-order valence-corrected chi connectivity index (χ3v) is 5.14. The Morgan fingerprint density at radius 2 is 1.81 bits per heavy atom. The summed E-state index contributed by atoms with van der Waals surface area (Å²) in [6.07, 6.45) is 2.53. The summed E-state index contributed by atoms with van der Waals surface area (Å²) in [4.78, 5) is 16.5. The van der Waals surface area contributed by atoms with E-state index in [0.29, 0.717) is 10.5 Å². The van der Waals surface area contributed by atoms with Crippen LogP contribution in [0.15, 0.2) is 41.7 Å². The number of anilines is 1. The number of hydrogen-bond acceptors (Lipinski definition) is 5. The molecule has 0 aliphatic carbocycles. The van der Waals surface area contributed by atoms with Gasteiger partial charge in [-0.25, -0.2) is 13.4 Å². The van der Waals surface area contributed by atoms with Crippen LogP contribution in [0, 0.1) is 0 Å². The summed E-state index contributed by atoms with van der Waals surface area (Å²) < 4.78 is 25.1. The number of carbonyl (C=O) groups excluding carboxylic acids is 1. The van der Waals surface area contributed by atoms with Gasteiger partial charge in [-0.3, -0.25) is 20.0 Å². The molecule has 2 heterocycles. The van der Waals surface area contributed by atoms with Crippen LogP contribution in [0.2, 0.25) is 15.1 Å². The Morgan fingerprint density at radius 3 is 2.42 bits per heavy atom. The summed E-state index contributed by atoms with van der Waals surface area (Å²) in [6, 6.07) is 7.80. The number of carbonyl (C=O) groups is 1. The van der Waals surface area contributed by atoms with Gasteiger partial charge in [0, 0.05) is 17.5 Å². The van der Waals surface area contributed by atoms with Crippen molar-refractivity contribution in [1.82, 2.24) is 14.8 Å². The van der Waals surface area contributed by atoms with E-state index in [1.165, 1.54) is 22.7 Å². The van der Waals surface area contributed by atoms with Crippen LogP contribution >= 0.6 is 34.8 Å². The van der Waals surface area contributed by atoms with Gasteiger partial charge >= 0.3 is 0 Å².